The van der Waals surface area contributed by atoms with E-state index in [-0.39, 0.29) is 29.9 Å². The number of halogens is 1. The maximum absolute atomic E-state index is 13.2. The van der Waals surface area contributed by atoms with Crippen LogP contribution in [0, 0.1) is 5.82 Å². The highest BCUT2D eigenvalue weighted by Crippen LogP contribution is 2.32. The van der Waals surface area contributed by atoms with Crippen molar-refractivity contribution >= 4 is 0 Å². The molecule has 0 bridgehead atoms. The van der Waals surface area contributed by atoms with Gasteiger partial charge in [-0.15, -0.1) is 0 Å². The average molecular weight is 459 g/mol. The molecular formula is C28H27FN2O3. The van der Waals surface area contributed by atoms with Gasteiger partial charge in [-0.25, -0.2) is 9.07 Å². The van der Waals surface area contributed by atoms with Crippen LogP contribution in [0.1, 0.15) is 25.0 Å². The minimum absolute atomic E-state index is 0.0102. The Bertz CT molecular complexity index is 1280. The third-order valence-corrected chi connectivity index (χ3v) is 5.90. The number of aliphatic hydroxyl groups excluding tert-OH is 1. The molecule has 0 saturated carbocycles. The zero-order valence-corrected chi connectivity index (χ0v) is 19.2. The number of hydrogen-bond acceptors (Lipinski definition) is 4. The van der Waals surface area contributed by atoms with E-state index in [1.54, 1.807) is 18.2 Å². The summed E-state index contributed by atoms with van der Waals surface area (Å²) in [6.07, 6.45) is -0.936. The van der Waals surface area contributed by atoms with E-state index in [4.69, 9.17) is 4.74 Å². The first kappa shape index (κ1) is 23.4. The van der Waals surface area contributed by atoms with Gasteiger partial charge in [-0.05, 0) is 53.6 Å². The van der Waals surface area contributed by atoms with Crippen LogP contribution in [0.2, 0.25) is 0 Å². The van der Waals surface area contributed by atoms with Gasteiger partial charge in [0.25, 0.3) is 5.56 Å². The number of ether oxygens (including phenoxy) is 1. The van der Waals surface area contributed by atoms with Crippen LogP contribution in [0.3, 0.4) is 0 Å². The third-order valence-electron chi connectivity index (χ3n) is 5.90. The summed E-state index contributed by atoms with van der Waals surface area (Å²) in [5, 5.41) is 14.7. The summed E-state index contributed by atoms with van der Waals surface area (Å²) in [4.78, 5) is 12.2. The molecule has 1 atom stereocenters. The highest BCUT2D eigenvalue weighted by atomic mass is 19.1. The Morgan fingerprint density at radius 3 is 2.24 bits per heavy atom. The Hall–Kier alpha value is -3.77. The highest BCUT2D eigenvalue weighted by molar-refractivity contribution is 5.57. The third kappa shape index (κ3) is 5.41. The smallest absolute Gasteiger partial charge is 0.266 e. The second kappa shape index (κ2) is 10.0. The van der Waals surface area contributed by atoms with Gasteiger partial charge < -0.3 is 9.84 Å². The predicted octanol–water partition coefficient (Wildman–Crippen LogP) is 4.82. The van der Waals surface area contributed by atoms with E-state index in [1.807, 2.05) is 42.5 Å². The second-order valence-corrected chi connectivity index (χ2v) is 8.73. The largest absolute Gasteiger partial charge is 0.491 e. The molecule has 0 spiro atoms. The lowest BCUT2D eigenvalue weighted by Crippen LogP contribution is -2.31. The summed E-state index contributed by atoms with van der Waals surface area (Å²) >= 11 is 0. The van der Waals surface area contributed by atoms with Gasteiger partial charge in [0.1, 0.15) is 24.3 Å². The quantitative estimate of drug-likeness (QED) is 0.411. The normalized spacial score (nSPS) is 12.4. The Morgan fingerprint density at radius 1 is 0.912 bits per heavy atom. The molecule has 0 amide bonds. The SMILES string of the molecule is CC(C)(c1ccccc1)c1ccc(OCC(O)Cn2nc(-c3ccc(F)cc3)ccc2=O)cc1. The highest BCUT2D eigenvalue weighted by Gasteiger charge is 2.22. The van der Waals surface area contributed by atoms with Crippen LogP contribution in [0.25, 0.3) is 11.3 Å². The molecular weight excluding hydrogens is 431 g/mol. The summed E-state index contributed by atoms with van der Waals surface area (Å²) in [5.74, 6) is 0.285. The van der Waals surface area contributed by atoms with Crippen molar-refractivity contribution in [2.45, 2.75) is 31.9 Å². The van der Waals surface area contributed by atoms with Crippen molar-refractivity contribution in [2.75, 3.05) is 6.61 Å². The summed E-state index contributed by atoms with van der Waals surface area (Å²) in [7, 11) is 0. The van der Waals surface area contributed by atoms with Crippen molar-refractivity contribution < 1.29 is 14.2 Å². The van der Waals surface area contributed by atoms with Gasteiger partial charge in [0.2, 0.25) is 0 Å². The number of rotatable bonds is 8. The molecule has 4 rings (SSSR count). The summed E-state index contributed by atoms with van der Waals surface area (Å²) in [6.45, 7) is 4.34. The van der Waals surface area contributed by atoms with Crippen molar-refractivity contribution in [2.24, 2.45) is 0 Å². The lowest BCUT2D eigenvalue weighted by Gasteiger charge is -2.26. The fraction of sp³-hybridized carbons (Fsp3) is 0.214. The van der Waals surface area contributed by atoms with Crippen molar-refractivity contribution in [1.82, 2.24) is 9.78 Å². The van der Waals surface area contributed by atoms with Crippen LogP contribution in [0.5, 0.6) is 5.75 Å². The Labute approximate surface area is 198 Å². The van der Waals surface area contributed by atoms with E-state index in [9.17, 15) is 14.3 Å². The Balaban J connectivity index is 1.39. The van der Waals surface area contributed by atoms with Gasteiger partial charge in [0.05, 0.1) is 12.2 Å². The van der Waals surface area contributed by atoms with Gasteiger partial charge >= 0.3 is 0 Å². The molecule has 0 saturated heterocycles. The predicted molar refractivity (Wildman–Crippen MR) is 130 cm³/mol. The Morgan fingerprint density at radius 2 is 1.56 bits per heavy atom. The first-order valence-electron chi connectivity index (χ1n) is 11.1. The zero-order valence-electron chi connectivity index (χ0n) is 19.2. The molecule has 1 heterocycles. The average Bonchev–Trinajstić information content (AvgIpc) is 2.85. The number of hydrogen-bond donors (Lipinski definition) is 1. The lowest BCUT2D eigenvalue weighted by atomic mass is 9.78. The van der Waals surface area contributed by atoms with Crippen LogP contribution in [-0.4, -0.2) is 27.6 Å². The first-order valence-corrected chi connectivity index (χ1v) is 11.1. The number of benzene rings is 3. The first-order chi connectivity index (χ1) is 16.3. The summed E-state index contributed by atoms with van der Waals surface area (Å²) in [5.41, 5.74) is 3.09. The van der Waals surface area contributed by atoms with Crippen LogP contribution in [0.15, 0.2) is 95.8 Å². The number of aliphatic hydroxyl groups is 1. The van der Waals surface area contributed by atoms with E-state index >= 15 is 0 Å². The molecule has 0 aliphatic carbocycles. The minimum Gasteiger partial charge on any atom is -0.491 e. The molecule has 1 N–H and O–H groups in total. The molecule has 34 heavy (non-hydrogen) atoms. The molecule has 174 valence electrons. The van der Waals surface area contributed by atoms with Gasteiger partial charge in [-0.1, -0.05) is 56.3 Å². The van der Waals surface area contributed by atoms with E-state index in [0.717, 1.165) is 5.56 Å². The molecule has 1 unspecified atom stereocenters. The maximum Gasteiger partial charge on any atom is 0.266 e. The van der Waals surface area contributed by atoms with Crippen LogP contribution < -0.4 is 10.3 Å². The van der Waals surface area contributed by atoms with E-state index in [2.05, 4.69) is 31.1 Å². The molecule has 3 aromatic carbocycles. The van der Waals surface area contributed by atoms with E-state index in [1.165, 1.54) is 28.4 Å². The molecule has 0 aliphatic heterocycles. The van der Waals surface area contributed by atoms with E-state index in [0.29, 0.717) is 17.0 Å². The molecule has 1 aromatic heterocycles. The van der Waals surface area contributed by atoms with Crippen molar-refractivity contribution in [3.8, 4) is 17.0 Å². The lowest BCUT2D eigenvalue weighted by molar-refractivity contribution is 0.0880. The van der Waals surface area contributed by atoms with Crippen molar-refractivity contribution in [1.29, 1.82) is 0 Å². The molecule has 0 radical (unpaired) electrons. The summed E-state index contributed by atoms with van der Waals surface area (Å²) in [6, 6.07) is 26.9. The standard InChI is InChI=1S/C28H27FN2O3/c1-28(2,21-6-4-3-5-7-21)22-10-14-25(15-11-22)34-19-24(32)18-31-27(33)17-16-26(30-31)20-8-12-23(29)13-9-20/h3-17,24,32H,18-19H2,1-2H3. The van der Waals surface area contributed by atoms with Crippen molar-refractivity contribution in [3.63, 3.8) is 0 Å². The minimum atomic E-state index is -0.936. The molecule has 6 heteroatoms. The second-order valence-electron chi connectivity index (χ2n) is 8.73. The van der Waals surface area contributed by atoms with Crippen molar-refractivity contribution in [3.05, 3.63) is 118 Å². The number of aromatic nitrogens is 2. The van der Waals surface area contributed by atoms with Gasteiger partial charge in [0.15, 0.2) is 0 Å². The van der Waals surface area contributed by atoms with E-state index < -0.39 is 6.10 Å². The monoisotopic (exact) mass is 458 g/mol. The molecule has 5 nitrogen and oxygen atoms in total. The van der Waals surface area contributed by atoms with Gasteiger partial charge in [-0.2, -0.15) is 5.10 Å². The van der Waals surface area contributed by atoms with Crippen LogP contribution in [-0.2, 0) is 12.0 Å². The van der Waals surface area contributed by atoms with Crippen LogP contribution in [0.4, 0.5) is 4.39 Å². The number of nitrogens with zero attached hydrogens (tertiary/aromatic N) is 2. The Kier molecular flexibility index (Phi) is 6.89. The fourth-order valence-corrected chi connectivity index (χ4v) is 3.79. The summed E-state index contributed by atoms with van der Waals surface area (Å²) < 4.78 is 20.1. The fourth-order valence-electron chi connectivity index (χ4n) is 3.79. The maximum atomic E-state index is 13.2. The zero-order chi connectivity index (χ0) is 24.1. The molecule has 4 aromatic rings. The molecule has 0 aliphatic rings. The topological polar surface area (TPSA) is 64.3 Å². The van der Waals surface area contributed by atoms with Gasteiger partial charge in [0, 0.05) is 17.0 Å². The molecule has 0 fully saturated rings. The van der Waals surface area contributed by atoms with Gasteiger partial charge in [-0.3, -0.25) is 4.79 Å². The van der Waals surface area contributed by atoms with Crippen LogP contribution >= 0.6 is 0 Å².